The molecular formula is C13H26N2O3. The topological polar surface area (TPSA) is 70.6 Å². The van der Waals surface area contributed by atoms with Gasteiger partial charge in [0, 0.05) is 20.2 Å². The molecule has 3 N–H and O–H groups in total. The summed E-state index contributed by atoms with van der Waals surface area (Å²) < 4.78 is 4.85. The first-order chi connectivity index (χ1) is 8.66. The number of amides is 1. The molecule has 0 aromatic rings. The molecule has 0 unspecified atom stereocenters. The lowest BCUT2D eigenvalue weighted by Gasteiger charge is -2.26. The Labute approximate surface area is 109 Å². The highest BCUT2D eigenvalue weighted by molar-refractivity contribution is 5.77. The fourth-order valence-electron chi connectivity index (χ4n) is 2.33. The van der Waals surface area contributed by atoms with E-state index in [0.717, 1.165) is 25.7 Å². The second kappa shape index (κ2) is 8.45. The van der Waals surface area contributed by atoms with Crippen LogP contribution in [0.3, 0.4) is 0 Å². The van der Waals surface area contributed by atoms with Gasteiger partial charge in [0.2, 0.25) is 5.91 Å². The molecule has 0 aromatic carbocycles. The molecule has 0 heterocycles. The Balaban J connectivity index is 2.13. The van der Waals surface area contributed by atoms with E-state index in [1.807, 2.05) is 0 Å². The molecule has 1 rings (SSSR count). The van der Waals surface area contributed by atoms with Crippen molar-refractivity contribution in [3.05, 3.63) is 0 Å². The number of ether oxygens (including phenoxy) is 1. The summed E-state index contributed by atoms with van der Waals surface area (Å²) in [4.78, 5) is 11.4. The average Bonchev–Trinajstić information content (AvgIpc) is 2.55. The SMILES string of the molecule is COCCNC(=O)CNCC1(O)CCCCCC1. The number of hydrogen-bond acceptors (Lipinski definition) is 4. The minimum absolute atomic E-state index is 0.0516. The van der Waals surface area contributed by atoms with Crippen molar-refractivity contribution in [2.24, 2.45) is 0 Å². The number of carbonyl (C=O) groups is 1. The fourth-order valence-corrected chi connectivity index (χ4v) is 2.33. The van der Waals surface area contributed by atoms with Crippen LogP contribution in [-0.2, 0) is 9.53 Å². The molecule has 1 aliphatic rings. The van der Waals surface area contributed by atoms with Crippen molar-refractivity contribution < 1.29 is 14.6 Å². The smallest absolute Gasteiger partial charge is 0.234 e. The molecule has 106 valence electrons. The van der Waals surface area contributed by atoms with Crippen molar-refractivity contribution in [3.63, 3.8) is 0 Å². The summed E-state index contributed by atoms with van der Waals surface area (Å²) in [7, 11) is 1.60. The lowest BCUT2D eigenvalue weighted by Crippen LogP contribution is -2.44. The van der Waals surface area contributed by atoms with E-state index < -0.39 is 5.60 Å². The highest BCUT2D eigenvalue weighted by Crippen LogP contribution is 2.26. The maximum atomic E-state index is 11.4. The molecule has 0 atom stereocenters. The van der Waals surface area contributed by atoms with E-state index in [9.17, 15) is 9.90 Å². The summed E-state index contributed by atoms with van der Waals surface area (Å²) in [5.74, 6) is -0.0516. The van der Waals surface area contributed by atoms with Gasteiger partial charge in [-0.05, 0) is 12.8 Å². The second-order valence-electron chi connectivity index (χ2n) is 5.08. The summed E-state index contributed by atoms with van der Waals surface area (Å²) in [5, 5.41) is 16.1. The van der Waals surface area contributed by atoms with Crippen LogP contribution in [0.1, 0.15) is 38.5 Å². The minimum atomic E-state index is -0.622. The van der Waals surface area contributed by atoms with Gasteiger partial charge in [-0.3, -0.25) is 4.79 Å². The zero-order valence-electron chi connectivity index (χ0n) is 11.3. The maximum absolute atomic E-state index is 11.4. The van der Waals surface area contributed by atoms with Gasteiger partial charge in [-0.2, -0.15) is 0 Å². The van der Waals surface area contributed by atoms with Crippen LogP contribution in [0.5, 0.6) is 0 Å². The first-order valence-electron chi connectivity index (χ1n) is 6.85. The lowest BCUT2D eigenvalue weighted by molar-refractivity contribution is -0.120. The molecular weight excluding hydrogens is 232 g/mol. The zero-order valence-corrected chi connectivity index (χ0v) is 11.3. The Morgan fingerprint density at radius 2 is 1.94 bits per heavy atom. The summed E-state index contributed by atoms with van der Waals surface area (Å²) in [6.45, 7) is 1.81. The van der Waals surface area contributed by atoms with Crippen LogP contribution in [0.4, 0.5) is 0 Å². The Kier molecular flexibility index (Phi) is 7.23. The molecule has 1 saturated carbocycles. The predicted octanol–water partition coefficient (Wildman–Crippen LogP) is 0.424. The molecule has 0 radical (unpaired) electrons. The highest BCUT2D eigenvalue weighted by Gasteiger charge is 2.27. The number of rotatable bonds is 7. The van der Waals surface area contributed by atoms with Crippen molar-refractivity contribution in [2.75, 3.05) is 33.4 Å². The van der Waals surface area contributed by atoms with Crippen LogP contribution in [0, 0.1) is 0 Å². The van der Waals surface area contributed by atoms with Crippen molar-refractivity contribution in [3.8, 4) is 0 Å². The summed E-state index contributed by atoms with van der Waals surface area (Å²) in [6.07, 6.45) is 6.26. The van der Waals surface area contributed by atoms with Crippen molar-refractivity contribution in [1.82, 2.24) is 10.6 Å². The predicted molar refractivity (Wildman–Crippen MR) is 70.4 cm³/mol. The van der Waals surface area contributed by atoms with E-state index in [-0.39, 0.29) is 12.5 Å². The second-order valence-corrected chi connectivity index (χ2v) is 5.08. The number of nitrogens with one attached hydrogen (secondary N) is 2. The Bertz CT molecular complexity index is 238. The van der Waals surface area contributed by atoms with Gasteiger partial charge < -0.3 is 20.5 Å². The molecule has 0 bridgehead atoms. The zero-order chi connectivity index (χ0) is 13.3. The van der Waals surface area contributed by atoms with Gasteiger partial charge >= 0.3 is 0 Å². The Morgan fingerprint density at radius 3 is 2.56 bits per heavy atom. The number of carbonyl (C=O) groups excluding carboxylic acids is 1. The van der Waals surface area contributed by atoms with Crippen molar-refractivity contribution in [1.29, 1.82) is 0 Å². The van der Waals surface area contributed by atoms with Crippen molar-refractivity contribution >= 4 is 5.91 Å². The van der Waals surface area contributed by atoms with Crippen LogP contribution >= 0.6 is 0 Å². The van der Waals surface area contributed by atoms with Crippen molar-refractivity contribution in [2.45, 2.75) is 44.1 Å². The summed E-state index contributed by atoms with van der Waals surface area (Å²) in [5.41, 5.74) is -0.622. The van der Waals surface area contributed by atoms with Crippen LogP contribution in [0.25, 0.3) is 0 Å². The van der Waals surface area contributed by atoms with Gasteiger partial charge in [-0.1, -0.05) is 25.7 Å². The quantitative estimate of drug-likeness (QED) is 0.457. The molecule has 1 amide bonds. The fraction of sp³-hybridized carbons (Fsp3) is 0.923. The molecule has 1 aliphatic carbocycles. The largest absolute Gasteiger partial charge is 0.389 e. The van der Waals surface area contributed by atoms with Gasteiger partial charge in [0.25, 0.3) is 0 Å². The Morgan fingerprint density at radius 1 is 1.28 bits per heavy atom. The van der Waals surface area contributed by atoms with Gasteiger partial charge in [-0.15, -0.1) is 0 Å². The molecule has 5 heteroatoms. The van der Waals surface area contributed by atoms with E-state index in [0.29, 0.717) is 19.7 Å². The third-order valence-electron chi connectivity index (χ3n) is 3.40. The third kappa shape index (κ3) is 6.33. The van der Waals surface area contributed by atoms with Crippen LogP contribution in [0.2, 0.25) is 0 Å². The first-order valence-corrected chi connectivity index (χ1v) is 6.85. The van der Waals surface area contributed by atoms with Crippen LogP contribution in [-0.4, -0.2) is 50.0 Å². The molecule has 0 saturated heterocycles. The van der Waals surface area contributed by atoms with Gasteiger partial charge in [0.15, 0.2) is 0 Å². The highest BCUT2D eigenvalue weighted by atomic mass is 16.5. The number of hydrogen-bond donors (Lipinski definition) is 3. The minimum Gasteiger partial charge on any atom is -0.389 e. The van der Waals surface area contributed by atoms with E-state index in [1.165, 1.54) is 12.8 Å². The molecule has 0 aromatic heterocycles. The lowest BCUT2D eigenvalue weighted by atomic mass is 9.94. The molecule has 1 fully saturated rings. The van der Waals surface area contributed by atoms with E-state index in [1.54, 1.807) is 7.11 Å². The average molecular weight is 258 g/mol. The maximum Gasteiger partial charge on any atom is 0.234 e. The van der Waals surface area contributed by atoms with E-state index >= 15 is 0 Å². The van der Waals surface area contributed by atoms with Crippen LogP contribution in [0.15, 0.2) is 0 Å². The van der Waals surface area contributed by atoms with E-state index in [2.05, 4.69) is 10.6 Å². The molecule has 0 aliphatic heterocycles. The van der Waals surface area contributed by atoms with Gasteiger partial charge in [0.05, 0.1) is 18.8 Å². The van der Waals surface area contributed by atoms with Gasteiger partial charge in [0.1, 0.15) is 0 Å². The standard InChI is InChI=1S/C13H26N2O3/c1-18-9-8-15-12(16)10-14-11-13(17)6-4-2-3-5-7-13/h14,17H,2-11H2,1H3,(H,15,16). The normalized spacial score (nSPS) is 19.2. The molecule has 18 heavy (non-hydrogen) atoms. The third-order valence-corrected chi connectivity index (χ3v) is 3.40. The Hall–Kier alpha value is -0.650. The monoisotopic (exact) mass is 258 g/mol. The first kappa shape index (κ1) is 15.4. The molecule has 5 nitrogen and oxygen atoms in total. The summed E-state index contributed by atoms with van der Waals surface area (Å²) in [6, 6.07) is 0. The van der Waals surface area contributed by atoms with Gasteiger partial charge in [-0.25, -0.2) is 0 Å². The van der Waals surface area contributed by atoms with E-state index in [4.69, 9.17) is 4.74 Å². The molecule has 0 spiro atoms. The number of methoxy groups -OCH3 is 1. The summed E-state index contributed by atoms with van der Waals surface area (Å²) >= 11 is 0. The van der Waals surface area contributed by atoms with Crippen LogP contribution < -0.4 is 10.6 Å². The number of aliphatic hydroxyl groups is 1.